The number of hydrogen-bond donors (Lipinski definition) is 1. The molecule has 25 heavy (non-hydrogen) atoms. The number of thiazole rings is 1. The highest BCUT2D eigenvalue weighted by Gasteiger charge is 2.26. The van der Waals surface area contributed by atoms with E-state index < -0.39 is 0 Å². The van der Waals surface area contributed by atoms with Gasteiger partial charge in [-0.05, 0) is 50.6 Å². The third-order valence-electron chi connectivity index (χ3n) is 5.26. The van der Waals surface area contributed by atoms with E-state index in [0.29, 0.717) is 0 Å². The van der Waals surface area contributed by atoms with Crippen LogP contribution in [0, 0.1) is 5.92 Å². The second kappa shape index (κ2) is 7.14. The maximum atomic E-state index is 12.6. The molecule has 1 amide bonds. The molecule has 0 saturated carbocycles. The van der Waals surface area contributed by atoms with Crippen molar-refractivity contribution in [3.05, 3.63) is 40.3 Å². The normalized spacial score (nSPS) is 21.0. The molecule has 0 spiro atoms. The first-order chi connectivity index (χ1) is 12.2. The van der Waals surface area contributed by atoms with Crippen LogP contribution in [0.5, 0.6) is 0 Å². The van der Waals surface area contributed by atoms with Crippen molar-refractivity contribution in [3.8, 4) is 0 Å². The highest BCUT2D eigenvalue weighted by atomic mass is 32.1. The number of rotatable bonds is 3. The first-order valence-electron chi connectivity index (χ1n) is 8.95. The van der Waals surface area contributed by atoms with Crippen molar-refractivity contribution in [3.63, 3.8) is 0 Å². The second-order valence-electron chi connectivity index (χ2n) is 6.99. The third kappa shape index (κ3) is 3.70. The predicted octanol–water partition coefficient (Wildman–Crippen LogP) is 2.64. The average molecular weight is 356 g/mol. The van der Waals surface area contributed by atoms with Gasteiger partial charge in [-0.2, -0.15) is 0 Å². The molecule has 1 unspecified atom stereocenters. The van der Waals surface area contributed by atoms with Crippen molar-refractivity contribution in [2.75, 3.05) is 43.4 Å². The summed E-state index contributed by atoms with van der Waals surface area (Å²) in [7, 11) is 2.16. The molecule has 1 saturated heterocycles. The van der Waals surface area contributed by atoms with Crippen molar-refractivity contribution >= 4 is 28.6 Å². The summed E-state index contributed by atoms with van der Waals surface area (Å²) in [6.45, 7) is 4.31. The highest BCUT2D eigenvalue weighted by molar-refractivity contribution is 7.09. The molecule has 1 aromatic carbocycles. The van der Waals surface area contributed by atoms with Gasteiger partial charge in [-0.25, -0.2) is 4.98 Å². The zero-order valence-corrected chi connectivity index (χ0v) is 15.4. The van der Waals surface area contributed by atoms with Crippen molar-refractivity contribution in [2.24, 2.45) is 5.92 Å². The summed E-state index contributed by atoms with van der Waals surface area (Å²) in [6, 6.07) is 8.27. The van der Waals surface area contributed by atoms with E-state index >= 15 is 0 Å². The molecule has 4 rings (SSSR count). The van der Waals surface area contributed by atoms with Gasteiger partial charge in [0, 0.05) is 48.3 Å². The summed E-state index contributed by atoms with van der Waals surface area (Å²) >= 11 is 1.67. The van der Waals surface area contributed by atoms with Crippen LogP contribution in [0.3, 0.4) is 0 Å². The van der Waals surface area contributed by atoms with Gasteiger partial charge in [0.2, 0.25) is 5.91 Å². The van der Waals surface area contributed by atoms with E-state index in [1.165, 1.54) is 16.3 Å². The Balaban J connectivity index is 1.36. The lowest BCUT2D eigenvalue weighted by Crippen LogP contribution is -2.44. The number of aromatic nitrogens is 1. The predicted molar refractivity (Wildman–Crippen MR) is 102 cm³/mol. The Kier molecular flexibility index (Phi) is 4.72. The summed E-state index contributed by atoms with van der Waals surface area (Å²) in [4.78, 5) is 23.0. The summed E-state index contributed by atoms with van der Waals surface area (Å²) in [6.07, 6.45) is 2.63. The van der Waals surface area contributed by atoms with Crippen LogP contribution in [0.15, 0.2) is 29.8 Å². The number of fused-ring (bicyclic) bond motifs is 1. The van der Waals surface area contributed by atoms with Crippen LogP contribution in [-0.4, -0.2) is 49.0 Å². The molecule has 0 bridgehead atoms. The Morgan fingerprint density at radius 2 is 1.96 bits per heavy atom. The highest BCUT2D eigenvalue weighted by Crippen LogP contribution is 2.28. The standard InChI is InChI=1S/C19H24N4OS/c1-22-8-10-23(11-9-22)16-5-3-15(4-6-16)21-19(24)14-2-7-17-18(12-14)25-13-20-17/h3-6,13-14H,2,7-12H2,1H3,(H,21,24). The number of amides is 1. The fourth-order valence-corrected chi connectivity index (χ4v) is 4.48. The maximum absolute atomic E-state index is 12.6. The number of hydrogen-bond acceptors (Lipinski definition) is 5. The smallest absolute Gasteiger partial charge is 0.227 e. The van der Waals surface area contributed by atoms with Gasteiger partial charge in [-0.1, -0.05) is 0 Å². The molecule has 5 nitrogen and oxygen atoms in total. The number of nitrogens with one attached hydrogen (secondary N) is 1. The van der Waals surface area contributed by atoms with E-state index in [0.717, 1.165) is 51.1 Å². The Hall–Kier alpha value is -1.92. The molecule has 1 fully saturated rings. The fourth-order valence-electron chi connectivity index (χ4n) is 3.59. The van der Waals surface area contributed by atoms with Gasteiger partial charge in [0.1, 0.15) is 0 Å². The fraction of sp³-hybridized carbons (Fsp3) is 0.474. The summed E-state index contributed by atoms with van der Waals surface area (Å²) in [5.74, 6) is 0.191. The molecule has 1 aliphatic carbocycles. The number of likely N-dealkylation sites (N-methyl/N-ethyl adjacent to an activating group) is 1. The van der Waals surface area contributed by atoms with Gasteiger partial charge in [-0.3, -0.25) is 4.79 Å². The monoisotopic (exact) mass is 356 g/mol. The van der Waals surface area contributed by atoms with Crippen LogP contribution in [0.4, 0.5) is 11.4 Å². The van der Waals surface area contributed by atoms with Crippen molar-refractivity contribution in [2.45, 2.75) is 19.3 Å². The molecule has 1 atom stereocenters. The Labute approximate surface area is 152 Å². The van der Waals surface area contributed by atoms with Gasteiger partial charge in [0.15, 0.2) is 0 Å². The molecule has 0 radical (unpaired) electrons. The van der Waals surface area contributed by atoms with Crippen molar-refractivity contribution in [1.82, 2.24) is 9.88 Å². The quantitative estimate of drug-likeness (QED) is 0.918. The SMILES string of the molecule is CN1CCN(c2ccc(NC(=O)C3CCc4ncsc4C3)cc2)CC1. The lowest BCUT2D eigenvalue weighted by molar-refractivity contribution is -0.120. The number of aryl methyl sites for hydroxylation is 1. The average Bonchev–Trinajstić information content (AvgIpc) is 3.11. The van der Waals surface area contributed by atoms with Crippen molar-refractivity contribution < 1.29 is 4.79 Å². The third-order valence-corrected chi connectivity index (χ3v) is 6.16. The number of nitrogens with zero attached hydrogens (tertiary/aromatic N) is 3. The van der Waals surface area contributed by atoms with Crippen LogP contribution < -0.4 is 10.2 Å². The number of piperazine rings is 1. The van der Waals surface area contributed by atoms with Crippen LogP contribution in [-0.2, 0) is 17.6 Å². The maximum Gasteiger partial charge on any atom is 0.227 e. The Morgan fingerprint density at radius 1 is 1.20 bits per heavy atom. The molecule has 2 aromatic rings. The first kappa shape index (κ1) is 16.5. The van der Waals surface area contributed by atoms with Gasteiger partial charge >= 0.3 is 0 Å². The largest absolute Gasteiger partial charge is 0.369 e. The van der Waals surface area contributed by atoms with Gasteiger partial charge < -0.3 is 15.1 Å². The van der Waals surface area contributed by atoms with Crippen molar-refractivity contribution in [1.29, 1.82) is 0 Å². The minimum Gasteiger partial charge on any atom is -0.369 e. The zero-order valence-electron chi connectivity index (χ0n) is 14.6. The van der Waals surface area contributed by atoms with E-state index in [-0.39, 0.29) is 11.8 Å². The van der Waals surface area contributed by atoms with E-state index in [1.54, 1.807) is 11.3 Å². The molecular formula is C19H24N4OS. The molecular weight excluding hydrogens is 332 g/mol. The molecule has 2 aliphatic rings. The second-order valence-corrected chi connectivity index (χ2v) is 7.93. The Bertz CT molecular complexity index is 734. The van der Waals surface area contributed by atoms with E-state index in [1.807, 2.05) is 17.6 Å². The lowest BCUT2D eigenvalue weighted by atomic mass is 9.90. The number of benzene rings is 1. The zero-order chi connectivity index (χ0) is 17.2. The van der Waals surface area contributed by atoms with E-state index in [2.05, 4.69) is 39.3 Å². The lowest BCUT2D eigenvalue weighted by Gasteiger charge is -2.34. The first-order valence-corrected chi connectivity index (χ1v) is 9.82. The summed E-state index contributed by atoms with van der Waals surface area (Å²) in [5, 5.41) is 3.09. The van der Waals surface area contributed by atoms with Gasteiger partial charge in [-0.15, -0.1) is 11.3 Å². The minimum atomic E-state index is 0.0604. The van der Waals surface area contributed by atoms with Crippen LogP contribution >= 0.6 is 11.3 Å². The topological polar surface area (TPSA) is 48.5 Å². The van der Waals surface area contributed by atoms with E-state index in [9.17, 15) is 4.79 Å². The van der Waals surface area contributed by atoms with Crippen LogP contribution in [0.2, 0.25) is 0 Å². The number of carbonyl (C=O) groups excluding carboxylic acids is 1. The molecule has 1 aliphatic heterocycles. The molecule has 2 heterocycles. The van der Waals surface area contributed by atoms with Gasteiger partial charge in [0.25, 0.3) is 0 Å². The number of carbonyl (C=O) groups is 1. The minimum absolute atomic E-state index is 0.0604. The molecule has 6 heteroatoms. The summed E-state index contributed by atoms with van der Waals surface area (Å²) < 4.78 is 0. The molecule has 132 valence electrons. The van der Waals surface area contributed by atoms with Crippen LogP contribution in [0.25, 0.3) is 0 Å². The summed E-state index contributed by atoms with van der Waals surface area (Å²) in [5.41, 5.74) is 5.20. The Morgan fingerprint density at radius 3 is 2.72 bits per heavy atom. The van der Waals surface area contributed by atoms with E-state index in [4.69, 9.17) is 0 Å². The number of anilines is 2. The molecule has 1 N–H and O–H groups in total. The van der Waals surface area contributed by atoms with Gasteiger partial charge in [0.05, 0.1) is 11.2 Å². The molecule has 1 aromatic heterocycles. The van der Waals surface area contributed by atoms with Crippen LogP contribution in [0.1, 0.15) is 17.0 Å².